The monoisotopic (exact) mass is 451 g/mol. The predicted molar refractivity (Wildman–Crippen MR) is 119 cm³/mol. The van der Waals surface area contributed by atoms with Crippen LogP contribution < -0.4 is 5.32 Å². The third-order valence-corrected chi connectivity index (χ3v) is 5.51. The Labute approximate surface area is 187 Å². The Balaban J connectivity index is 1.49. The van der Waals surface area contributed by atoms with Gasteiger partial charge < -0.3 is 9.25 Å². The summed E-state index contributed by atoms with van der Waals surface area (Å²) in [7, 11) is 0. The number of amides is 1. The Kier molecular flexibility index (Phi) is 5.10. The molecule has 154 valence electrons. The highest BCUT2D eigenvalue weighted by Gasteiger charge is 2.42. The van der Waals surface area contributed by atoms with Crippen LogP contribution in [0.1, 0.15) is 17.2 Å². The molecule has 5 rings (SSSR count). The van der Waals surface area contributed by atoms with Crippen LogP contribution in [0.2, 0.25) is 10.0 Å². The van der Waals surface area contributed by atoms with Crippen LogP contribution in [0.4, 0.5) is 6.01 Å². The van der Waals surface area contributed by atoms with Gasteiger partial charge in [0.15, 0.2) is 11.7 Å². The van der Waals surface area contributed by atoms with E-state index >= 15 is 0 Å². The number of anilines is 1. The molecule has 31 heavy (non-hydrogen) atoms. The zero-order valence-corrected chi connectivity index (χ0v) is 17.5. The van der Waals surface area contributed by atoms with Crippen molar-refractivity contribution in [3.8, 4) is 0 Å². The van der Waals surface area contributed by atoms with Crippen molar-refractivity contribution in [3.05, 3.63) is 94.0 Å². The normalized spacial score (nSPS) is 17.9. The topological polar surface area (TPSA) is 76.7 Å². The van der Waals surface area contributed by atoms with E-state index in [0.29, 0.717) is 26.9 Å². The van der Waals surface area contributed by atoms with Crippen molar-refractivity contribution in [2.75, 3.05) is 5.32 Å². The number of oxime groups is 1. The van der Waals surface area contributed by atoms with Crippen molar-refractivity contribution in [2.45, 2.75) is 6.10 Å². The summed E-state index contributed by atoms with van der Waals surface area (Å²) in [6.07, 6.45) is -0.632. The maximum Gasteiger partial charge on any atom is 0.302 e. The van der Waals surface area contributed by atoms with E-state index in [0.717, 1.165) is 11.1 Å². The van der Waals surface area contributed by atoms with Gasteiger partial charge in [0, 0.05) is 15.6 Å². The summed E-state index contributed by atoms with van der Waals surface area (Å²) < 4.78 is 5.65. The van der Waals surface area contributed by atoms with Crippen LogP contribution in [0.25, 0.3) is 11.1 Å². The highest BCUT2D eigenvalue weighted by atomic mass is 35.5. The lowest BCUT2D eigenvalue weighted by atomic mass is 9.88. The number of oxazole rings is 1. The summed E-state index contributed by atoms with van der Waals surface area (Å²) in [4.78, 5) is 23.4. The summed E-state index contributed by atoms with van der Waals surface area (Å²) >= 11 is 12.0. The molecule has 0 bridgehead atoms. The third-order valence-electron chi connectivity index (χ3n) is 5.01. The first-order valence-corrected chi connectivity index (χ1v) is 10.3. The average molecular weight is 452 g/mol. The van der Waals surface area contributed by atoms with Crippen molar-refractivity contribution in [1.29, 1.82) is 0 Å². The van der Waals surface area contributed by atoms with Crippen molar-refractivity contribution >= 4 is 51.9 Å². The van der Waals surface area contributed by atoms with Crippen molar-refractivity contribution < 1.29 is 14.0 Å². The van der Waals surface area contributed by atoms with E-state index in [1.54, 1.807) is 42.5 Å². The fraction of sp³-hybridized carbons (Fsp3) is 0.0870. The van der Waals surface area contributed by atoms with Gasteiger partial charge in [-0.3, -0.25) is 10.1 Å². The molecule has 1 amide bonds. The lowest BCUT2D eigenvalue weighted by Gasteiger charge is -2.18. The van der Waals surface area contributed by atoms with Crippen molar-refractivity contribution in [1.82, 2.24) is 4.98 Å². The number of carbonyl (C=O) groups excluding carboxylic acids is 1. The quantitative estimate of drug-likeness (QED) is 0.421. The third kappa shape index (κ3) is 3.87. The van der Waals surface area contributed by atoms with Crippen molar-refractivity contribution in [2.24, 2.45) is 11.1 Å². The molecule has 3 aromatic carbocycles. The second-order valence-corrected chi connectivity index (χ2v) is 7.89. The molecule has 2 unspecified atom stereocenters. The van der Waals surface area contributed by atoms with Gasteiger partial charge in [-0.1, -0.05) is 64.8 Å². The van der Waals surface area contributed by atoms with Crippen LogP contribution in [-0.4, -0.2) is 16.6 Å². The molecule has 0 saturated carbocycles. The van der Waals surface area contributed by atoms with E-state index in [4.69, 9.17) is 32.5 Å². The number of aromatic nitrogens is 1. The van der Waals surface area contributed by atoms with Gasteiger partial charge in [0.2, 0.25) is 5.91 Å². The van der Waals surface area contributed by atoms with E-state index in [1.807, 2.05) is 30.3 Å². The molecular formula is C23H15Cl2N3O3. The summed E-state index contributed by atoms with van der Waals surface area (Å²) in [6, 6.07) is 21.6. The van der Waals surface area contributed by atoms with Crippen LogP contribution in [0.3, 0.4) is 0 Å². The van der Waals surface area contributed by atoms with E-state index in [1.165, 1.54) is 0 Å². The molecule has 1 aliphatic heterocycles. The van der Waals surface area contributed by atoms with Gasteiger partial charge in [-0.25, -0.2) is 0 Å². The molecule has 0 spiro atoms. The fourth-order valence-corrected chi connectivity index (χ4v) is 3.76. The Morgan fingerprint density at radius 1 is 0.903 bits per heavy atom. The van der Waals surface area contributed by atoms with Crippen LogP contribution in [-0.2, 0) is 9.63 Å². The number of fused-ring (bicyclic) bond motifs is 1. The van der Waals surface area contributed by atoms with E-state index in [-0.39, 0.29) is 11.9 Å². The molecule has 2 heterocycles. The molecule has 0 aliphatic carbocycles. The molecule has 1 N–H and O–H groups in total. The number of para-hydroxylation sites is 2. The van der Waals surface area contributed by atoms with E-state index in [2.05, 4.69) is 15.5 Å². The van der Waals surface area contributed by atoms with Gasteiger partial charge >= 0.3 is 6.01 Å². The maximum atomic E-state index is 13.4. The number of benzene rings is 3. The standard InChI is InChI=1S/C23H15Cl2N3O3/c24-15-9-5-13(6-10-15)20-19(21(31-28-20)14-7-11-16(25)12-8-14)22(29)27-23-26-17-3-1-2-4-18(17)30-23/h1-12,19,21H,(H,26,27,29). The minimum absolute atomic E-state index is 0.114. The number of nitrogens with zero attached hydrogens (tertiary/aromatic N) is 2. The second-order valence-electron chi connectivity index (χ2n) is 7.01. The summed E-state index contributed by atoms with van der Waals surface area (Å²) in [5.41, 5.74) is 3.24. The molecule has 0 fully saturated rings. The Hall–Kier alpha value is -3.35. The van der Waals surface area contributed by atoms with Crippen LogP contribution in [0.5, 0.6) is 0 Å². The maximum absolute atomic E-state index is 13.4. The van der Waals surface area contributed by atoms with E-state index in [9.17, 15) is 4.79 Å². The van der Waals surface area contributed by atoms with Crippen LogP contribution in [0, 0.1) is 5.92 Å². The van der Waals surface area contributed by atoms with Gasteiger partial charge in [0.05, 0.1) is 0 Å². The Morgan fingerprint density at radius 2 is 1.58 bits per heavy atom. The molecule has 8 heteroatoms. The van der Waals surface area contributed by atoms with Gasteiger partial charge in [-0.15, -0.1) is 0 Å². The van der Waals surface area contributed by atoms with Crippen molar-refractivity contribution in [3.63, 3.8) is 0 Å². The number of carbonyl (C=O) groups is 1. The highest BCUT2D eigenvalue weighted by molar-refractivity contribution is 6.31. The van der Waals surface area contributed by atoms with Gasteiger partial charge in [0.25, 0.3) is 0 Å². The lowest BCUT2D eigenvalue weighted by Crippen LogP contribution is -2.32. The SMILES string of the molecule is O=C(Nc1nc2ccccc2o1)C1C(c2ccc(Cl)cc2)=NOC1c1ccc(Cl)cc1. The first kappa shape index (κ1) is 19.6. The number of nitrogens with one attached hydrogen (secondary N) is 1. The minimum atomic E-state index is -0.739. The summed E-state index contributed by atoms with van der Waals surface area (Å²) in [5, 5.41) is 8.18. The van der Waals surface area contributed by atoms with E-state index < -0.39 is 12.0 Å². The number of rotatable bonds is 4. The zero-order chi connectivity index (χ0) is 21.4. The molecule has 4 aromatic rings. The molecule has 1 aromatic heterocycles. The molecule has 2 atom stereocenters. The first-order valence-electron chi connectivity index (χ1n) is 9.50. The van der Waals surface area contributed by atoms with Gasteiger partial charge in [0.1, 0.15) is 17.1 Å². The highest BCUT2D eigenvalue weighted by Crippen LogP contribution is 2.36. The fourth-order valence-electron chi connectivity index (χ4n) is 3.50. The summed E-state index contributed by atoms with van der Waals surface area (Å²) in [6.45, 7) is 0. The Bertz CT molecular complexity index is 1250. The molecule has 0 saturated heterocycles. The molecular weight excluding hydrogens is 437 g/mol. The van der Waals surface area contributed by atoms with Gasteiger partial charge in [-0.05, 0) is 42.0 Å². The first-order chi connectivity index (χ1) is 15.1. The summed E-state index contributed by atoms with van der Waals surface area (Å²) in [5.74, 6) is -1.09. The smallest absolute Gasteiger partial charge is 0.302 e. The lowest BCUT2D eigenvalue weighted by molar-refractivity contribution is -0.120. The largest absolute Gasteiger partial charge is 0.423 e. The average Bonchev–Trinajstić information content (AvgIpc) is 3.39. The predicted octanol–water partition coefficient (Wildman–Crippen LogP) is 5.87. The zero-order valence-electron chi connectivity index (χ0n) is 16.0. The van der Waals surface area contributed by atoms with Crippen LogP contribution >= 0.6 is 23.2 Å². The van der Waals surface area contributed by atoms with Crippen LogP contribution in [0.15, 0.2) is 82.4 Å². The number of hydrogen-bond acceptors (Lipinski definition) is 5. The number of hydrogen-bond donors (Lipinski definition) is 1. The number of halogens is 2. The molecule has 6 nitrogen and oxygen atoms in total. The molecule has 0 radical (unpaired) electrons. The minimum Gasteiger partial charge on any atom is -0.423 e. The second kappa shape index (κ2) is 8.06. The Morgan fingerprint density at radius 3 is 2.29 bits per heavy atom. The van der Waals surface area contributed by atoms with Gasteiger partial charge in [-0.2, -0.15) is 4.98 Å². The molecule has 1 aliphatic rings.